The highest BCUT2D eigenvalue weighted by Gasteiger charge is 2.20. The number of unbranched alkanes of at least 4 members (excludes halogenated alkanes) is 1. The van der Waals surface area contributed by atoms with Crippen molar-refractivity contribution in [3.05, 3.63) is 0 Å². The normalized spacial score (nSPS) is 11.9. The number of carbonyl (C=O) groups excluding carboxylic acids is 2. The first-order valence-corrected chi connectivity index (χ1v) is 5.35. The molecule has 0 fully saturated rings. The molecule has 6 heteroatoms. The summed E-state index contributed by atoms with van der Waals surface area (Å²) >= 11 is 0. The van der Waals surface area contributed by atoms with Gasteiger partial charge in [0.05, 0.1) is 5.92 Å². The summed E-state index contributed by atoms with van der Waals surface area (Å²) in [7, 11) is 0. The molecule has 0 saturated carbocycles. The van der Waals surface area contributed by atoms with Crippen LogP contribution in [0.1, 0.15) is 45.4 Å². The van der Waals surface area contributed by atoms with Gasteiger partial charge < -0.3 is 9.78 Å². The average molecular weight is 234 g/mol. The van der Waals surface area contributed by atoms with Gasteiger partial charge >= 0.3 is 11.9 Å². The highest BCUT2D eigenvalue weighted by molar-refractivity contribution is 5.72. The fourth-order valence-corrected chi connectivity index (χ4v) is 1.44. The van der Waals surface area contributed by atoms with E-state index in [1.165, 1.54) is 0 Å². The van der Waals surface area contributed by atoms with Crippen LogP contribution in [-0.4, -0.2) is 22.5 Å². The van der Waals surface area contributed by atoms with Gasteiger partial charge in [-0.3, -0.25) is 0 Å². The second kappa shape index (κ2) is 9.11. The molecule has 16 heavy (non-hydrogen) atoms. The van der Waals surface area contributed by atoms with Gasteiger partial charge in [-0.15, -0.1) is 0 Å². The third kappa shape index (κ3) is 6.36. The molecule has 2 N–H and O–H groups in total. The van der Waals surface area contributed by atoms with Crippen LogP contribution in [0.25, 0.3) is 0 Å². The Morgan fingerprint density at radius 3 is 2.25 bits per heavy atom. The van der Waals surface area contributed by atoms with Crippen molar-refractivity contribution in [2.45, 2.75) is 45.4 Å². The van der Waals surface area contributed by atoms with Gasteiger partial charge in [-0.2, -0.15) is 10.5 Å². The molecule has 6 nitrogen and oxygen atoms in total. The minimum Gasteiger partial charge on any atom is -0.301 e. The Hall–Kier alpha value is -1.14. The standard InChI is InChI=1S/C10H18O6/c1-2-3-5-8(10(12)16-14)6-4-7-9(11)15-13/h8,13-14H,2-7H2,1H3. The SMILES string of the molecule is CCCCC(CCCC(=O)OO)C(=O)OO. The minimum absolute atomic E-state index is 0.0395. The van der Waals surface area contributed by atoms with Gasteiger partial charge in [0.15, 0.2) is 0 Å². The van der Waals surface area contributed by atoms with Crippen LogP contribution in [0.3, 0.4) is 0 Å². The lowest BCUT2D eigenvalue weighted by molar-refractivity contribution is -0.240. The summed E-state index contributed by atoms with van der Waals surface area (Å²) in [6.45, 7) is 1.99. The lowest BCUT2D eigenvalue weighted by atomic mass is 9.96. The van der Waals surface area contributed by atoms with Gasteiger partial charge in [0, 0.05) is 6.42 Å². The zero-order valence-electron chi connectivity index (χ0n) is 9.35. The van der Waals surface area contributed by atoms with Crippen molar-refractivity contribution in [1.29, 1.82) is 0 Å². The van der Waals surface area contributed by atoms with Crippen molar-refractivity contribution in [2.75, 3.05) is 0 Å². The van der Waals surface area contributed by atoms with Gasteiger partial charge in [-0.25, -0.2) is 9.59 Å². The molecule has 0 aliphatic heterocycles. The first-order chi connectivity index (χ1) is 7.65. The van der Waals surface area contributed by atoms with Crippen LogP contribution in [0.2, 0.25) is 0 Å². The van der Waals surface area contributed by atoms with Crippen LogP contribution in [-0.2, 0) is 19.4 Å². The molecule has 94 valence electrons. The molecule has 0 spiro atoms. The predicted molar refractivity (Wildman–Crippen MR) is 54.3 cm³/mol. The molecular formula is C10H18O6. The molecule has 0 rings (SSSR count). The fraction of sp³-hybridized carbons (Fsp3) is 0.800. The zero-order valence-corrected chi connectivity index (χ0v) is 9.35. The quantitative estimate of drug-likeness (QED) is 0.492. The molecule has 0 aliphatic rings. The smallest absolute Gasteiger partial charge is 0.301 e. The lowest BCUT2D eigenvalue weighted by Gasteiger charge is -2.11. The van der Waals surface area contributed by atoms with E-state index in [4.69, 9.17) is 10.5 Å². The third-order valence-electron chi connectivity index (χ3n) is 2.36. The number of hydrogen-bond donors (Lipinski definition) is 2. The monoisotopic (exact) mass is 234 g/mol. The summed E-state index contributed by atoms with van der Waals surface area (Å²) in [5, 5.41) is 16.3. The molecule has 0 radical (unpaired) electrons. The second-order valence-corrected chi connectivity index (χ2v) is 3.60. The van der Waals surface area contributed by atoms with E-state index < -0.39 is 17.9 Å². The van der Waals surface area contributed by atoms with Crippen molar-refractivity contribution < 1.29 is 29.9 Å². The first-order valence-electron chi connectivity index (χ1n) is 5.35. The molecule has 0 aromatic heterocycles. The van der Waals surface area contributed by atoms with Crippen molar-refractivity contribution >= 4 is 11.9 Å². The molecule has 0 heterocycles. The van der Waals surface area contributed by atoms with Gasteiger partial charge in [-0.1, -0.05) is 19.8 Å². The summed E-state index contributed by atoms with van der Waals surface area (Å²) < 4.78 is 0. The van der Waals surface area contributed by atoms with E-state index in [0.29, 0.717) is 19.3 Å². The van der Waals surface area contributed by atoms with Crippen molar-refractivity contribution in [1.82, 2.24) is 0 Å². The van der Waals surface area contributed by atoms with Crippen molar-refractivity contribution in [3.63, 3.8) is 0 Å². The highest BCUT2D eigenvalue weighted by Crippen LogP contribution is 2.17. The van der Waals surface area contributed by atoms with Crippen LogP contribution >= 0.6 is 0 Å². The van der Waals surface area contributed by atoms with Gasteiger partial charge in [-0.05, 0) is 19.3 Å². The molecule has 0 amide bonds. The fourth-order valence-electron chi connectivity index (χ4n) is 1.44. The molecule has 0 aliphatic carbocycles. The Labute approximate surface area is 94.0 Å². The van der Waals surface area contributed by atoms with Crippen LogP contribution in [0.5, 0.6) is 0 Å². The molecule has 1 unspecified atom stereocenters. The highest BCUT2D eigenvalue weighted by atomic mass is 17.1. The maximum absolute atomic E-state index is 11.1. The lowest BCUT2D eigenvalue weighted by Crippen LogP contribution is -2.17. The summed E-state index contributed by atoms with van der Waals surface area (Å²) in [4.78, 5) is 28.9. The largest absolute Gasteiger partial charge is 0.345 e. The van der Waals surface area contributed by atoms with E-state index in [0.717, 1.165) is 12.8 Å². The van der Waals surface area contributed by atoms with Gasteiger partial charge in [0.25, 0.3) is 0 Å². The minimum atomic E-state index is -0.730. The summed E-state index contributed by atoms with van der Waals surface area (Å²) in [6, 6.07) is 0. The van der Waals surface area contributed by atoms with E-state index in [1.54, 1.807) is 0 Å². The van der Waals surface area contributed by atoms with E-state index in [1.807, 2.05) is 6.92 Å². The molecular weight excluding hydrogens is 216 g/mol. The van der Waals surface area contributed by atoms with Gasteiger partial charge in [0.2, 0.25) is 0 Å². The van der Waals surface area contributed by atoms with Gasteiger partial charge in [0.1, 0.15) is 0 Å². The Kier molecular flexibility index (Phi) is 8.46. The molecule has 1 atom stereocenters. The number of carbonyl (C=O) groups is 2. The second-order valence-electron chi connectivity index (χ2n) is 3.60. The number of rotatable bonds is 8. The predicted octanol–water partition coefficient (Wildman–Crippen LogP) is 2.00. The topological polar surface area (TPSA) is 93.1 Å². The first kappa shape index (κ1) is 14.9. The Balaban J connectivity index is 3.91. The Bertz CT molecular complexity index is 215. The third-order valence-corrected chi connectivity index (χ3v) is 2.36. The maximum Gasteiger partial charge on any atom is 0.345 e. The molecule has 0 bridgehead atoms. The van der Waals surface area contributed by atoms with Crippen molar-refractivity contribution in [3.8, 4) is 0 Å². The van der Waals surface area contributed by atoms with E-state index in [9.17, 15) is 9.59 Å². The zero-order chi connectivity index (χ0) is 12.4. The van der Waals surface area contributed by atoms with Crippen LogP contribution in [0.15, 0.2) is 0 Å². The van der Waals surface area contributed by atoms with E-state index >= 15 is 0 Å². The van der Waals surface area contributed by atoms with Crippen LogP contribution in [0.4, 0.5) is 0 Å². The van der Waals surface area contributed by atoms with Crippen LogP contribution in [0, 0.1) is 5.92 Å². The van der Waals surface area contributed by atoms with E-state index in [2.05, 4.69) is 9.78 Å². The van der Waals surface area contributed by atoms with Crippen LogP contribution < -0.4 is 0 Å². The summed E-state index contributed by atoms with van der Waals surface area (Å²) in [5.41, 5.74) is 0. The number of hydrogen-bond acceptors (Lipinski definition) is 6. The van der Waals surface area contributed by atoms with E-state index in [-0.39, 0.29) is 6.42 Å². The summed E-state index contributed by atoms with van der Waals surface area (Å²) in [5.74, 6) is -1.81. The Morgan fingerprint density at radius 2 is 1.75 bits per heavy atom. The Morgan fingerprint density at radius 1 is 1.12 bits per heavy atom. The summed E-state index contributed by atoms with van der Waals surface area (Å²) in [6.07, 6.45) is 3.28. The molecule has 0 aromatic carbocycles. The molecule has 0 aromatic rings. The molecule has 0 saturated heterocycles. The average Bonchev–Trinajstić information content (AvgIpc) is 2.32. The van der Waals surface area contributed by atoms with Crippen molar-refractivity contribution in [2.24, 2.45) is 5.92 Å². The maximum atomic E-state index is 11.1.